The molecule has 3 aromatic rings. The average Bonchev–Trinajstić information content (AvgIpc) is 2.61. The summed E-state index contributed by atoms with van der Waals surface area (Å²) in [7, 11) is 1.62. The summed E-state index contributed by atoms with van der Waals surface area (Å²) >= 11 is 6.08. The third-order valence-electron chi connectivity index (χ3n) is 3.57. The average molecular weight is 355 g/mol. The molecular formula is C19H19ClN4O. The van der Waals surface area contributed by atoms with Crippen molar-refractivity contribution >= 4 is 29.1 Å². The topological polar surface area (TPSA) is 59.1 Å². The van der Waals surface area contributed by atoms with Gasteiger partial charge in [0, 0.05) is 23.3 Å². The van der Waals surface area contributed by atoms with Crippen LogP contribution in [0.2, 0.25) is 5.02 Å². The van der Waals surface area contributed by atoms with E-state index in [1.54, 1.807) is 19.2 Å². The summed E-state index contributed by atoms with van der Waals surface area (Å²) in [5.74, 6) is 1.93. The fraction of sp³-hybridized carbons (Fsp3) is 0.158. The SMILES string of the molecule is COc1ccc(Cl)cc1Nc1cc(C)nc(NCc2ccccc2)n1. The first kappa shape index (κ1) is 17.0. The smallest absolute Gasteiger partial charge is 0.225 e. The summed E-state index contributed by atoms with van der Waals surface area (Å²) in [6.07, 6.45) is 0. The van der Waals surface area contributed by atoms with Gasteiger partial charge >= 0.3 is 0 Å². The zero-order valence-corrected chi connectivity index (χ0v) is 14.8. The zero-order valence-electron chi connectivity index (χ0n) is 14.1. The van der Waals surface area contributed by atoms with Crippen molar-refractivity contribution < 1.29 is 4.74 Å². The highest BCUT2D eigenvalue weighted by atomic mass is 35.5. The van der Waals surface area contributed by atoms with Crippen LogP contribution < -0.4 is 15.4 Å². The summed E-state index contributed by atoms with van der Waals surface area (Å²) in [5.41, 5.74) is 2.77. The molecule has 2 aromatic carbocycles. The largest absolute Gasteiger partial charge is 0.495 e. The maximum Gasteiger partial charge on any atom is 0.225 e. The molecule has 0 bridgehead atoms. The number of nitrogens with one attached hydrogen (secondary N) is 2. The Morgan fingerprint density at radius 1 is 1.04 bits per heavy atom. The van der Waals surface area contributed by atoms with Gasteiger partial charge < -0.3 is 15.4 Å². The minimum absolute atomic E-state index is 0.562. The lowest BCUT2D eigenvalue weighted by molar-refractivity contribution is 0.417. The second kappa shape index (κ2) is 7.85. The molecule has 0 fully saturated rings. The first-order valence-electron chi connectivity index (χ1n) is 7.88. The van der Waals surface area contributed by atoms with Crippen LogP contribution in [0.4, 0.5) is 17.5 Å². The summed E-state index contributed by atoms with van der Waals surface area (Å²) in [6, 6.07) is 17.4. The molecule has 2 N–H and O–H groups in total. The van der Waals surface area contributed by atoms with Gasteiger partial charge in [0.25, 0.3) is 0 Å². The van der Waals surface area contributed by atoms with Gasteiger partial charge in [0.2, 0.25) is 5.95 Å². The van der Waals surface area contributed by atoms with Crippen LogP contribution in [-0.2, 0) is 6.54 Å². The molecule has 3 rings (SSSR count). The quantitative estimate of drug-likeness (QED) is 0.665. The number of anilines is 3. The van der Waals surface area contributed by atoms with Crippen LogP contribution in [0, 0.1) is 6.92 Å². The molecule has 1 heterocycles. The standard InChI is InChI=1S/C19H19ClN4O/c1-13-10-18(23-16-11-15(20)8-9-17(16)25-2)24-19(22-13)21-12-14-6-4-3-5-7-14/h3-11H,12H2,1-2H3,(H2,21,22,23,24). The zero-order chi connectivity index (χ0) is 17.6. The van der Waals surface area contributed by atoms with Gasteiger partial charge in [0.15, 0.2) is 0 Å². The fourth-order valence-corrected chi connectivity index (χ4v) is 2.58. The fourth-order valence-electron chi connectivity index (χ4n) is 2.40. The van der Waals surface area contributed by atoms with Crippen LogP contribution in [-0.4, -0.2) is 17.1 Å². The Labute approximate surface area is 152 Å². The number of ether oxygens (including phenoxy) is 1. The van der Waals surface area contributed by atoms with Crippen molar-refractivity contribution in [1.82, 2.24) is 9.97 Å². The molecule has 5 nitrogen and oxygen atoms in total. The maximum absolute atomic E-state index is 6.08. The summed E-state index contributed by atoms with van der Waals surface area (Å²) < 4.78 is 5.36. The molecule has 0 spiro atoms. The molecule has 25 heavy (non-hydrogen) atoms. The lowest BCUT2D eigenvalue weighted by Crippen LogP contribution is -2.06. The van der Waals surface area contributed by atoms with Crippen LogP contribution in [0.25, 0.3) is 0 Å². The van der Waals surface area contributed by atoms with Gasteiger partial charge in [-0.1, -0.05) is 41.9 Å². The number of methoxy groups -OCH3 is 1. The molecule has 0 atom stereocenters. The van der Waals surface area contributed by atoms with Gasteiger partial charge in [-0.2, -0.15) is 4.98 Å². The lowest BCUT2D eigenvalue weighted by Gasteiger charge is -2.13. The van der Waals surface area contributed by atoms with E-state index in [0.717, 1.165) is 11.4 Å². The molecule has 0 unspecified atom stereocenters. The van der Waals surface area contributed by atoms with Crippen LogP contribution in [0.3, 0.4) is 0 Å². The van der Waals surface area contributed by atoms with Crippen molar-refractivity contribution in [2.75, 3.05) is 17.7 Å². The second-order valence-corrected chi connectivity index (χ2v) is 5.96. The third-order valence-corrected chi connectivity index (χ3v) is 3.81. The highest BCUT2D eigenvalue weighted by molar-refractivity contribution is 6.31. The van der Waals surface area contributed by atoms with Crippen molar-refractivity contribution in [2.45, 2.75) is 13.5 Å². The Morgan fingerprint density at radius 3 is 2.60 bits per heavy atom. The van der Waals surface area contributed by atoms with E-state index in [1.165, 1.54) is 5.56 Å². The highest BCUT2D eigenvalue weighted by Gasteiger charge is 2.07. The van der Waals surface area contributed by atoms with Crippen molar-refractivity contribution in [3.05, 3.63) is 70.9 Å². The molecule has 0 saturated carbocycles. The van der Waals surface area contributed by atoms with E-state index in [1.807, 2.05) is 37.3 Å². The molecule has 0 aliphatic heterocycles. The second-order valence-electron chi connectivity index (χ2n) is 5.53. The number of aromatic nitrogens is 2. The maximum atomic E-state index is 6.08. The van der Waals surface area contributed by atoms with Gasteiger partial charge in [0.1, 0.15) is 11.6 Å². The predicted octanol–water partition coefficient (Wildman–Crippen LogP) is 4.80. The molecule has 6 heteroatoms. The Bertz CT molecular complexity index is 855. The van der Waals surface area contributed by atoms with E-state index in [4.69, 9.17) is 16.3 Å². The molecule has 0 aliphatic carbocycles. The first-order valence-corrected chi connectivity index (χ1v) is 8.26. The lowest BCUT2D eigenvalue weighted by atomic mass is 10.2. The number of nitrogens with zero attached hydrogens (tertiary/aromatic N) is 2. The minimum atomic E-state index is 0.562. The van der Waals surface area contributed by atoms with Crippen molar-refractivity contribution in [1.29, 1.82) is 0 Å². The summed E-state index contributed by atoms with van der Waals surface area (Å²) in [6.45, 7) is 2.58. The normalized spacial score (nSPS) is 10.4. The number of halogens is 1. The number of benzene rings is 2. The van der Waals surface area contributed by atoms with E-state index in [9.17, 15) is 0 Å². The molecule has 0 radical (unpaired) electrons. The monoisotopic (exact) mass is 354 g/mol. The van der Waals surface area contributed by atoms with E-state index in [2.05, 4.69) is 32.7 Å². The molecular weight excluding hydrogens is 336 g/mol. The summed E-state index contributed by atoms with van der Waals surface area (Å²) in [5, 5.41) is 7.11. The number of hydrogen-bond donors (Lipinski definition) is 2. The first-order chi connectivity index (χ1) is 12.1. The molecule has 1 aromatic heterocycles. The van der Waals surface area contributed by atoms with Crippen LogP contribution in [0.1, 0.15) is 11.3 Å². The van der Waals surface area contributed by atoms with E-state index in [0.29, 0.717) is 29.1 Å². The molecule has 128 valence electrons. The van der Waals surface area contributed by atoms with Gasteiger partial charge in [-0.3, -0.25) is 0 Å². The Hall–Kier alpha value is -2.79. The molecule has 0 saturated heterocycles. The van der Waals surface area contributed by atoms with Crippen molar-refractivity contribution in [3.8, 4) is 5.75 Å². The van der Waals surface area contributed by atoms with Gasteiger partial charge in [-0.05, 0) is 30.7 Å². The number of hydrogen-bond acceptors (Lipinski definition) is 5. The minimum Gasteiger partial charge on any atom is -0.495 e. The van der Waals surface area contributed by atoms with E-state index < -0.39 is 0 Å². The Balaban J connectivity index is 1.79. The molecule has 0 aliphatic rings. The van der Waals surface area contributed by atoms with E-state index >= 15 is 0 Å². The summed E-state index contributed by atoms with van der Waals surface area (Å²) in [4.78, 5) is 8.95. The van der Waals surface area contributed by atoms with Crippen molar-refractivity contribution in [2.24, 2.45) is 0 Å². The van der Waals surface area contributed by atoms with E-state index in [-0.39, 0.29) is 0 Å². The number of aryl methyl sites for hydroxylation is 1. The third kappa shape index (κ3) is 4.61. The van der Waals surface area contributed by atoms with Gasteiger partial charge in [-0.15, -0.1) is 0 Å². The predicted molar refractivity (Wildman–Crippen MR) is 102 cm³/mol. The van der Waals surface area contributed by atoms with Gasteiger partial charge in [0.05, 0.1) is 12.8 Å². The highest BCUT2D eigenvalue weighted by Crippen LogP contribution is 2.30. The number of rotatable bonds is 6. The van der Waals surface area contributed by atoms with Crippen LogP contribution >= 0.6 is 11.6 Å². The molecule has 0 amide bonds. The Kier molecular flexibility index (Phi) is 5.36. The van der Waals surface area contributed by atoms with Gasteiger partial charge in [-0.25, -0.2) is 4.98 Å². The van der Waals surface area contributed by atoms with Crippen molar-refractivity contribution in [3.63, 3.8) is 0 Å². The van der Waals surface area contributed by atoms with Crippen LogP contribution in [0.15, 0.2) is 54.6 Å². The Morgan fingerprint density at radius 2 is 1.84 bits per heavy atom. The van der Waals surface area contributed by atoms with Crippen LogP contribution in [0.5, 0.6) is 5.75 Å².